The van der Waals surface area contributed by atoms with E-state index in [0.717, 1.165) is 0 Å². The number of nitrogens with one attached hydrogen (secondary N) is 1. The highest BCUT2D eigenvalue weighted by atomic mass is 16.6. The van der Waals surface area contributed by atoms with Crippen LogP contribution in [0.5, 0.6) is 0 Å². The average molecular weight is 405 g/mol. The van der Waals surface area contributed by atoms with Crippen molar-refractivity contribution in [3.05, 3.63) is 53.5 Å². The zero-order valence-electron chi connectivity index (χ0n) is 15.7. The smallest absolute Gasteiger partial charge is 0.413 e. The summed E-state index contributed by atoms with van der Waals surface area (Å²) in [5.41, 5.74) is -1.29. The molecule has 0 unspecified atom stereocenters. The van der Waals surface area contributed by atoms with Gasteiger partial charge >= 0.3 is 24.0 Å². The minimum atomic E-state index is -1.24. The molecule has 0 bridgehead atoms. The van der Waals surface area contributed by atoms with E-state index in [2.05, 4.69) is 15.3 Å². The molecular weight excluding hydrogens is 386 g/mol. The Labute approximate surface area is 165 Å². The first-order valence-corrected chi connectivity index (χ1v) is 8.03. The number of carbonyl (C=O) groups excluding carboxylic acids is 1. The van der Waals surface area contributed by atoms with Crippen LogP contribution in [-0.2, 0) is 4.74 Å². The van der Waals surface area contributed by atoms with E-state index < -0.39 is 29.6 Å². The number of pyridine rings is 2. The van der Waals surface area contributed by atoms with Crippen molar-refractivity contribution in [2.45, 2.75) is 26.4 Å². The van der Waals surface area contributed by atoms with Crippen LogP contribution in [-0.4, -0.2) is 54.9 Å². The molecule has 0 atom stereocenters. The fraction of sp³-hybridized carbons (Fsp3) is 0.222. The summed E-state index contributed by atoms with van der Waals surface area (Å²) in [6, 6.07) is 8.10. The van der Waals surface area contributed by atoms with E-state index >= 15 is 0 Å². The van der Waals surface area contributed by atoms with Gasteiger partial charge in [0.15, 0.2) is 5.69 Å². The lowest BCUT2D eigenvalue weighted by Gasteiger charge is -2.19. The Bertz CT molecular complexity index is 892. The van der Waals surface area contributed by atoms with Gasteiger partial charge in [0, 0.05) is 0 Å². The van der Waals surface area contributed by atoms with Gasteiger partial charge in [-0.3, -0.25) is 5.32 Å². The van der Waals surface area contributed by atoms with Crippen LogP contribution in [0.1, 0.15) is 52.2 Å². The number of rotatable bonds is 4. The first kappa shape index (κ1) is 23.0. The van der Waals surface area contributed by atoms with Crippen LogP contribution in [0.2, 0.25) is 0 Å². The van der Waals surface area contributed by atoms with Crippen LogP contribution in [0.25, 0.3) is 0 Å². The lowest BCUT2D eigenvalue weighted by molar-refractivity contribution is 0.0628. The second-order valence-corrected chi connectivity index (χ2v) is 6.36. The Kier molecular flexibility index (Phi) is 7.76. The van der Waals surface area contributed by atoms with Gasteiger partial charge < -0.3 is 20.1 Å². The van der Waals surface area contributed by atoms with Gasteiger partial charge in [0.25, 0.3) is 0 Å². The molecule has 2 heterocycles. The van der Waals surface area contributed by atoms with Crippen LogP contribution in [0.3, 0.4) is 0 Å². The van der Waals surface area contributed by atoms with Gasteiger partial charge in [-0.25, -0.2) is 29.1 Å². The maximum Gasteiger partial charge on any atom is 0.413 e. The molecule has 2 rings (SSSR count). The molecule has 0 aromatic carbocycles. The van der Waals surface area contributed by atoms with Crippen LogP contribution in [0, 0.1) is 0 Å². The molecule has 0 spiro atoms. The molecule has 1 amide bonds. The molecule has 0 saturated heterocycles. The van der Waals surface area contributed by atoms with E-state index in [9.17, 15) is 19.2 Å². The van der Waals surface area contributed by atoms with E-state index in [-0.39, 0.29) is 22.9 Å². The maximum absolute atomic E-state index is 11.4. The molecule has 0 saturated carbocycles. The first-order chi connectivity index (χ1) is 13.4. The Balaban J connectivity index is 0.000000308. The van der Waals surface area contributed by atoms with Crippen molar-refractivity contribution in [1.29, 1.82) is 0 Å². The molecule has 0 aliphatic rings. The summed E-state index contributed by atoms with van der Waals surface area (Å²) >= 11 is 0. The number of amides is 1. The third-order valence-electron chi connectivity index (χ3n) is 2.78. The first-order valence-electron chi connectivity index (χ1n) is 8.03. The van der Waals surface area contributed by atoms with Crippen LogP contribution in [0.4, 0.5) is 10.6 Å². The van der Waals surface area contributed by atoms with E-state index in [1.54, 1.807) is 20.8 Å². The molecular formula is C18H19N3O8. The summed E-state index contributed by atoms with van der Waals surface area (Å²) in [7, 11) is 0. The molecule has 2 aromatic heterocycles. The number of aromatic nitrogens is 2. The zero-order chi connectivity index (χ0) is 22.2. The van der Waals surface area contributed by atoms with E-state index in [1.165, 1.54) is 36.4 Å². The predicted molar refractivity (Wildman–Crippen MR) is 99.2 cm³/mol. The number of carboxylic acids is 3. The number of anilines is 1. The predicted octanol–water partition coefficient (Wildman–Crippen LogP) is 2.60. The normalized spacial score (nSPS) is 10.2. The topological polar surface area (TPSA) is 176 Å². The summed E-state index contributed by atoms with van der Waals surface area (Å²) in [5, 5.41) is 28.0. The number of carboxylic acid groups (broad SMARTS) is 3. The quantitative estimate of drug-likeness (QED) is 0.591. The van der Waals surface area contributed by atoms with Crippen molar-refractivity contribution in [2.24, 2.45) is 0 Å². The van der Waals surface area contributed by atoms with Crippen molar-refractivity contribution in [2.75, 3.05) is 5.32 Å². The minimum Gasteiger partial charge on any atom is -0.477 e. The van der Waals surface area contributed by atoms with Crippen molar-refractivity contribution in [3.63, 3.8) is 0 Å². The van der Waals surface area contributed by atoms with Crippen molar-refractivity contribution in [1.82, 2.24) is 9.97 Å². The van der Waals surface area contributed by atoms with Crippen molar-refractivity contribution in [3.8, 4) is 0 Å². The standard InChI is InChI=1S/C11H14N2O4.C7H5NO4/c1-11(2,3)17-10(16)13-8-6-4-5-7(12-8)9(14)15;9-6(10)4-2-1-3-5(8-4)7(11)12/h4-6H,1-3H3,(H,14,15)(H,12,13,16);1-3H,(H,9,10)(H,11,12). The molecule has 29 heavy (non-hydrogen) atoms. The van der Waals surface area contributed by atoms with Crippen molar-refractivity contribution < 1.29 is 39.2 Å². The second-order valence-electron chi connectivity index (χ2n) is 6.36. The number of hydrogen-bond acceptors (Lipinski definition) is 7. The molecule has 0 fully saturated rings. The molecule has 154 valence electrons. The zero-order valence-corrected chi connectivity index (χ0v) is 15.7. The summed E-state index contributed by atoms with van der Waals surface area (Å²) in [4.78, 5) is 49.8. The second kappa shape index (κ2) is 9.78. The Morgan fingerprint density at radius 1 is 0.793 bits per heavy atom. The Morgan fingerprint density at radius 2 is 1.21 bits per heavy atom. The average Bonchev–Trinajstić information content (AvgIpc) is 2.60. The highest BCUT2D eigenvalue weighted by Gasteiger charge is 2.17. The molecule has 11 heteroatoms. The fourth-order valence-corrected chi connectivity index (χ4v) is 1.70. The highest BCUT2D eigenvalue weighted by molar-refractivity contribution is 5.89. The minimum absolute atomic E-state index is 0.138. The van der Waals surface area contributed by atoms with E-state index in [1.807, 2.05) is 0 Å². The molecule has 0 aliphatic heterocycles. The summed E-state index contributed by atoms with van der Waals surface area (Å²) in [6.45, 7) is 5.19. The van der Waals surface area contributed by atoms with Gasteiger partial charge in [-0.05, 0) is 45.0 Å². The lowest BCUT2D eigenvalue weighted by Crippen LogP contribution is -2.27. The largest absolute Gasteiger partial charge is 0.477 e. The maximum atomic E-state index is 11.4. The number of carbonyl (C=O) groups is 4. The van der Waals surface area contributed by atoms with Crippen LogP contribution >= 0.6 is 0 Å². The summed E-state index contributed by atoms with van der Waals surface area (Å²) < 4.78 is 5.00. The number of aromatic carboxylic acids is 3. The fourth-order valence-electron chi connectivity index (χ4n) is 1.70. The third-order valence-corrected chi connectivity index (χ3v) is 2.78. The monoisotopic (exact) mass is 405 g/mol. The SMILES string of the molecule is CC(C)(C)OC(=O)Nc1cccc(C(=O)O)n1.O=C(O)c1cccc(C(=O)O)n1. The number of hydrogen-bond donors (Lipinski definition) is 4. The van der Waals surface area contributed by atoms with Crippen LogP contribution in [0.15, 0.2) is 36.4 Å². The third kappa shape index (κ3) is 8.47. The van der Waals surface area contributed by atoms with Gasteiger partial charge in [-0.15, -0.1) is 0 Å². The molecule has 0 radical (unpaired) electrons. The number of ether oxygens (including phenoxy) is 1. The number of nitrogens with zero attached hydrogens (tertiary/aromatic N) is 2. The van der Waals surface area contributed by atoms with Gasteiger partial charge in [-0.2, -0.15) is 0 Å². The highest BCUT2D eigenvalue weighted by Crippen LogP contribution is 2.10. The molecule has 0 aliphatic carbocycles. The Hall–Kier alpha value is -4.02. The molecule has 11 nitrogen and oxygen atoms in total. The van der Waals surface area contributed by atoms with Gasteiger partial charge in [-0.1, -0.05) is 12.1 Å². The van der Waals surface area contributed by atoms with Gasteiger partial charge in [0.2, 0.25) is 0 Å². The van der Waals surface area contributed by atoms with E-state index in [0.29, 0.717) is 0 Å². The lowest BCUT2D eigenvalue weighted by atomic mass is 10.2. The van der Waals surface area contributed by atoms with Crippen LogP contribution < -0.4 is 5.32 Å². The van der Waals surface area contributed by atoms with E-state index in [4.69, 9.17) is 20.1 Å². The summed E-state index contributed by atoms with van der Waals surface area (Å²) in [6.07, 6.45) is -0.674. The Morgan fingerprint density at radius 3 is 1.62 bits per heavy atom. The molecule has 4 N–H and O–H groups in total. The summed E-state index contributed by atoms with van der Waals surface area (Å²) in [5.74, 6) is -3.49. The van der Waals surface area contributed by atoms with Gasteiger partial charge in [0.1, 0.15) is 22.8 Å². The van der Waals surface area contributed by atoms with Crippen molar-refractivity contribution >= 4 is 29.8 Å². The van der Waals surface area contributed by atoms with Gasteiger partial charge in [0.05, 0.1) is 0 Å². The molecule has 2 aromatic rings.